The van der Waals surface area contributed by atoms with Crippen LogP contribution in [-0.4, -0.2) is 59.9 Å². The van der Waals surface area contributed by atoms with E-state index >= 15 is 0 Å². The molecule has 5 atom stereocenters. The van der Waals surface area contributed by atoms with Gasteiger partial charge in [-0.1, -0.05) is 12.7 Å². The first-order chi connectivity index (χ1) is 16.4. The number of nitriles is 1. The zero-order valence-corrected chi connectivity index (χ0v) is 19.6. The molecule has 3 heterocycles. The number of carbonyl (C=O) groups is 3. The third-order valence-electron chi connectivity index (χ3n) is 7.33. The van der Waals surface area contributed by atoms with Gasteiger partial charge in [-0.05, 0) is 56.6 Å². The maximum atomic E-state index is 13.5. The van der Waals surface area contributed by atoms with E-state index in [0.29, 0.717) is 31.0 Å². The van der Waals surface area contributed by atoms with Gasteiger partial charge in [0.05, 0.1) is 13.2 Å². The lowest BCUT2D eigenvalue weighted by Crippen LogP contribution is -2.52. The third-order valence-corrected chi connectivity index (χ3v) is 7.33. The number of fused-ring (bicyclic) bond motifs is 1. The molecule has 1 aromatic rings. The second-order valence-corrected chi connectivity index (χ2v) is 9.30. The number of carbonyl (C=O) groups excluding carboxylic acids is 3. The van der Waals surface area contributed by atoms with E-state index in [1.807, 2.05) is 6.92 Å². The Morgan fingerprint density at radius 3 is 2.79 bits per heavy atom. The zero-order valence-electron chi connectivity index (χ0n) is 19.6. The Bertz CT molecular complexity index is 1070. The normalized spacial score (nSPS) is 26.7. The van der Waals surface area contributed by atoms with E-state index in [1.165, 1.54) is 0 Å². The van der Waals surface area contributed by atoms with Gasteiger partial charge in [0.15, 0.2) is 0 Å². The number of likely N-dealkylation sites (tertiary alicyclic amines) is 1. The number of allylic oxidation sites excluding steroid dienone is 2. The van der Waals surface area contributed by atoms with E-state index < -0.39 is 12.1 Å². The number of aromatic amines is 1. The molecule has 3 fully saturated rings. The molecule has 0 bridgehead atoms. The topological polar surface area (TPSA) is 127 Å². The molecule has 3 amide bonds. The number of rotatable bonds is 8. The van der Waals surface area contributed by atoms with Gasteiger partial charge in [-0.2, -0.15) is 5.26 Å². The third kappa shape index (κ3) is 4.32. The molecule has 2 saturated heterocycles. The number of hydrogen-bond acceptors (Lipinski definition) is 5. The number of hydrogen-bond donors (Lipinski definition) is 3. The Morgan fingerprint density at radius 1 is 1.41 bits per heavy atom. The Balaban J connectivity index is 1.51. The molecule has 9 nitrogen and oxygen atoms in total. The maximum absolute atomic E-state index is 13.5. The predicted molar refractivity (Wildman–Crippen MR) is 125 cm³/mol. The number of amides is 3. The van der Waals surface area contributed by atoms with Gasteiger partial charge in [-0.3, -0.25) is 14.4 Å². The highest BCUT2D eigenvalue weighted by Gasteiger charge is 2.52. The SMILES string of the molecule is C=C/C=C(/OC)c1cc(C(=O)N2C[C@@H]3CC[C@@H]3[C@H]2C(=O)N[C@H](C#N)C[C@@H]2CCNC2=O)[nH]c1C. The first-order valence-corrected chi connectivity index (χ1v) is 11.7. The molecule has 2 aliphatic heterocycles. The lowest BCUT2D eigenvalue weighted by molar-refractivity contribution is -0.128. The van der Waals surface area contributed by atoms with Crippen molar-refractivity contribution >= 4 is 23.5 Å². The summed E-state index contributed by atoms with van der Waals surface area (Å²) in [5.74, 6) is 0.0354. The van der Waals surface area contributed by atoms with Crippen LogP contribution in [0.15, 0.2) is 24.8 Å². The molecule has 0 aromatic carbocycles. The van der Waals surface area contributed by atoms with Crippen molar-refractivity contribution in [2.75, 3.05) is 20.2 Å². The molecule has 1 saturated carbocycles. The van der Waals surface area contributed by atoms with Gasteiger partial charge >= 0.3 is 0 Å². The first kappa shape index (κ1) is 23.6. The minimum absolute atomic E-state index is 0.0786. The van der Waals surface area contributed by atoms with Crippen molar-refractivity contribution in [3.05, 3.63) is 41.7 Å². The minimum Gasteiger partial charge on any atom is -0.496 e. The van der Waals surface area contributed by atoms with Gasteiger partial charge in [0, 0.05) is 30.3 Å². The summed E-state index contributed by atoms with van der Waals surface area (Å²) >= 11 is 0. The number of aromatic nitrogens is 1. The number of nitrogens with zero attached hydrogens (tertiary/aromatic N) is 2. The zero-order chi connectivity index (χ0) is 24.4. The van der Waals surface area contributed by atoms with E-state index in [9.17, 15) is 19.6 Å². The van der Waals surface area contributed by atoms with Crippen LogP contribution < -0.4 is 10.6 Å². The first-order valence-electron chi connectivity index (χ1n) is 11.7. The molecule has 3 N–H and O–H groups in total. The minimum atomic E-state index is -0.773. The van der Waals surface area contributed by atoms with Crippen molar-refractivity contribution in [3.63, 3.8) is 0 Å². The fourth-order valence-corrected chi connectivity index (χ4v) is 5.39. The summed E-state index contributed by atoms with van der Waals surface area (Å²) < 4.78 is 5.42. The monoisotopic (exact) mass is 465 g/mol. The fraction of sp³-hybridized carbons (Fsp3) is 0.520. The molecule has 0 spiro atoms. The van der Waals surface area contributed by atoms with Crippen molar-refractivity contribution in [1.29, 1.82) is 5.26 Å². The van der Waals surface area contributed by atoms with Gasteiger partial charge < -0.3 is 25.3 Å². The average Bonchev–Trinajstić information content (AvgIpc) is 3.46. The van der Waals surface area contributed by atoms with Gasteiger partial charge in [0.2, 0.25) is 11.8 Å². The highest BCUT2D eigenvalue weighted by Crippen LogP contribution is 2.45. The van der Waals surface area contributed by atoms with Crippen LogP contribution in [0, 0.1) is 36.0 Å². The predicted octanol–water partition coefficient (Wildman–Crippen LogP) is 1.88. The van der Waals surface area contributed by atoms with Crippen LogP contribution in [0.5, 0.6) is 0 Å². The summed E-state index contributed by atoms with van der Waals surface area (Å²) in [5.41, 5.74) is 1.92. The highest BCUT2D eigenvalue weighted by molar-refractivity contribution is 5.98. The van der Waals surface area contributed by atoms with E-state index in [1.54, 1.807) is 30.2 Å². The molecular formula is C25H31N5O4. The molecular weight excluding hydrogens is 434 g/mol. The standard InChI is InChI=1S/C25H31N5O4/c1-4-5-21(34-3)19-11-20(28-14(19)2)25(33)30-13-16-6-7-18(16)22(30)24(32)29-17(12-26)10-15-8-9-27-23(15)31/h4-5,11,15-18,22,28H,1,6-10,13H2,2-3H3,(H,27,31)(H,29,32)/b21-5+/t15-,16-,17-,18-,22-/m0/s1. The molecule has 9 heteroatoms. The summed E-state index contributed by atoms with van der Waals surface area (Å²) in [6.45, 7) is 6.66. The van der Waals surface area contributed by atoms with Crippen LogP contribution in [0.3, 0.4) is 0 Å². The van der Waals surface area contributed by atoms with Crippen molar-refractivity contribution < 1.29 is 19.1 Å². The summed E-state index contributed by atoms with van der Waals surface area (Å²) in [7, 11) is 1.56. The molecule has 0 unspecified atom stereocenters. The van der Waals surface area contributed by atoms with Crippen LogP contribution in [-0.2, 0) is 14.3 Å². The number of aryl methyl sites for hydroxylation is 1. The van der Waals surface area contributed by atoms with Crippen LogP contribution >= 0.6 is 0 Å². The van der Waals surface area contributed by atoms with E-state index in [0.717, 1.165) is 24.1 Å². The van der Waals surface area contributed by atoms with Crippen LogP contribution in [0.2, 0.25) is 0 Å². The quantitative estimate of drug-likeness (QED) is 0.399. The maximum Gasteiger partial charge on any atom is 0.270 e. The van der Waals surface area contributed by atoms with E-state index in [4.69, 9.17) is 4.74 Å². The molecule has 3 aliphatic rings. The van der Waals surface area contributed by atoms with Crippen molar-refractivity contribution in [1.82, 2.24) is 20.5 Å². The Morgan fingerprint density at radius 2 is 2.21 bits per heavy atom. The number of H-pyrrole nitrogens is 1. The van der Waals surface area contributed by atoms with Crippen molar-refractivity contribution in [3.8, 4) is 6.07 Å². The second-order valence-electron chi connectivity index (χ2n) is 9.30. The van der Waals surface area contributed by atoms with Crippen molar-refractivity contribution in [2.24, 2.45) is 17.8 Å². The van der Waals surface area contributed by atoms with E-state index in [2.05, 4.69) is 28.3 Å². The van der Waals surface area contributed by atoms with Crippen LogP contribution in [0.25, 0.3) is 5.76 Å². The van der Waals surface area contributed by atoms with Gasteiger partial charge in [0.1, 0.15) is 23.5 Å². The fourth-order valence-electron chi connectivity index (χ4n) is 5.39. The summed E-state index contributed by atoms with van der Waals surface area (Å²) in [5, 5.41) is 15.2. The molecule has 1 aliphatic carbocycles. The van der Waals surface area contributed by atoms with Crippen LogP contribution in [0.1, 0.15) is 47.4 Å². The Hall–Kier alpha value is -3.54. The van der Waals surface area contributed by atoms with Gasteiger partial charge in [0.25, 0.3) is 5.91 Å². The molecule has 0 radical (unpaired) electrons. The largest absolute Gasteiger partial charge is 0.496 e. The van der Waals surface area contributed by atoms with E-state index in [-0.39, 0.29) is 41.9 Å². The number of nitrogens with one attached hydrogen (secondary N) is 3. The molecule has 180 valence electrons. The van der Waals surface area contributed by atoms with Gasteiger partial charge in [-0.15, -0.1) is 0 Å². The Labute approximate surface area is 199 Å². The second kappa shape index (κ2) is 9.75. The smallest absolute Gasteiger partial charge is 0.270 e. The highest BCUT2D eigenvalue weighted by atomic mass is 16.5. The lowest BCUT2D eigenvalue weighted by atomic mass is 9.73. The summed E-state index contributed by atoms with van der Waals surface area (Å²) in [6.07, 6.45) is 6.13. The average molecular weight is 466 g/mol. The van der Waals surface area contributed by atoms with Crippen LogP contribution in [0.4, 0.5) is 0 Å². The number of methoxy groups -OCH3 is 1. The van der Waals surface area contributed by atoms with Crippen molar-refractivity contribution in [2.45, 2.75) is 44.7 Å². The molecule has 4 rings (SSSR count). The Kier molecular flexibility index (Phi) is 6.77. The molecule has 34 heavy (non-hydrogen) atoms. The number of ether oxygens (including phenoxy) is 1. The lowest BCUT2D eigenvalue weighted by Gasteiger charge is -2.33. The van der Waals surface area contributed by atoms with Gasteiger partial charge in [-0.25, -0.2) is 0 Å². The molecule has 1 aromatic heterocycles. The summed E-state index contributed by atoms with van der Waals surface area (Å²) in [4.78, 5) is 43.5. The summed E-state index contributed by atoms with van der Waals surface area (Å²) in [6, 6.07) is 2.45.